The molecule has 1 aromatic heterocycles. The molecule has 0 saturated carbocycles. The number of nitrogens with zero attached hydrogens (tertiary/aromatic N) is 1. The molecule has 0 spiro atoms. The minimum absolute atomic E-state index is 0.222. The Kier molecular flexibility index (Phi) is 3.43. The molecule has 0 unspecified atom stereocenters. The number of amides is 1. The van der Waals surface area contributed by atoms with Gasteiger partial charge in [0.1, 0.15) is 12.0 Å². The minimum atomic E-state index is -0.340. The van der Waals surface area contributed by atoms with Crippen LogP contribution in [0.4, 0.5) is 5.69 Å². The van der Waals surface area contributed by atoms with Crippen molar-refractivity contribution in [3.05, 3.63) is 40.7 Å². The molecule has 0 aliphatic rings. The third-order valence-electron chi connectivity index (χ3n) is 2.09. The van der Waals surface area contributed by atoms with Crippen molar-refractivity contribution >= 4 is 27.5 Å². The highest BCUT2D eigenvalue weighted by molar-refractivity contribution is 9.10. The summed E-state index contributed by atoms with van der Waals surface area (Å²) in [6, 6.07) is 6.78. The van der Waals surface area contributed by atoms with Crippen LogP contribution >= 0.6 is 15.9 Å². The zero-order valence-electron chi connectivity index (χ0n) is 8.94. The van der Waals surface area contributed by atoms with Gasteiger partial charge in [0.15, 0.2) is 5.69 Å². The van der Waals surface area contributed by atoms with Gasteiger partial charge in [-0.25, -0.2) is 0 Å². The van der Waals surface area contributed by atoms with Crippen LogP contribution in [0.5, 0.6) is 5.75 Å². The lowest BCUT2D eigenvalue weighted by Gasteiger charge is -2.07. The van der Waals surface area contributed by atoms with E-state index >= 15 is 0 Å². The summed E-state index contributed by atoms with van der Waals surface area (Å²) < 4.78 is 10.4. The van der Waals surface area contributed by atoms with E-state index in [2.05, 4.69) is 30.9 Å². The van der Waals surface area contributed by atoms with Crippen LogP contribution in [0, 0.1) is 0 Å². The summed E-state index contributed by atoms with van der Waals surface area (Å²) >= 11 is 3.34. The van der Waals surface area contributed by atoms with E-state index in [1.54, 1.807) is 25.3 Å². The van der Waals surface area contributed by atoms with E-state index in [-0.39, 0.29) is 11.6 Å². The van der Waals surface area contributed by atoms with E-state index in [1.165, 1.54) is 12.3 Å². The van der Waals surface area contributed by atoms with Crippen molar-refractivity contribution < 1.29 is 14.1 Å². The van der Waals surface area contributed by atoms with Gasteiger partial charge in [0.05, 0.1) is 12.8 Å². The zero-order valence-corrected chi connectivity index (χ0v) is 10.5. The van der Waals surface area contributed by atoms with Gasteiger partial charge in [-0.05, 0) is 28.1 Å². The summed E-state index contributed by atoms with van der Waals surface area (Å²) in [6.07, 6.45) is 1.34. The number of rotatable bonds is 3. The average Bonchev–Trinajstić information content (AvgIpc) is 2.85. The van der Waals surface area contributed by atoms with Crippen molar-refractivity contribution in [3.63, 3.8) is 0 Å². The van der Waals surface area contributed by atoms with E-state index in [9.17, 15) is 4.79 Å². The van der Waals surface area contributed by atoms with Crippen molar-refractivity contribution in [2.24, 2.45) is 0 Å². The van der Waals surface area contributed by atoms with Crippen LogP contribution in [0.15, 0.2) is 39.5 Å². The Morgan fingerprint density at radius 3 is 2.94 bits per heavy atom. The normalized spacial score (nSPS) is 10.0. The molecular weight excluding hydrogens is 288 g/mol. The topological polar surface area (TPSA) is 64.4 Å². The molecule has 0 aliphatic carbocycles. The standard InChI is InChI=1S/C11H9BrN2O3/c1-16-7-2-3-8(12)10(6-7)13-11(15)9-4-5-17-14-9/h2-6H,1H3,(H,13,15). The second kappa shape index (κ2) is 5.01. The van der Waals surface area contributed by atoms with Crippen LogP contribution in [0.25, 0.3) is 0 Å². The molecule has 0 fully saturated rings. The van der Waals surface area contributed by atoms with Gasteiger partial charge in [0, 0.05) is 16.6 Å². The Bertz CT molecular complexity index is 526. The molecule has 1 aromatic carbocycles. The molecule has 0 bridgehead atoms. The fourth-order valence-electron chi connectivity index (χ4n) is 1.24. The second-order valence-corrected chi connectivity index (χ2v) is 4.04. The largest absolute Gasteiger partial charge is 0.497 e. The molecule has 0 atom stereocenters. The third kappa shape index (κ3) is 2.65. The first-order chi connectivity index (χ1) is 8.20. The number of carbonyl (C=O) groups excluding carboxylic acids is 1. The third-order valence-corrected chi connectivity index (χ3v) is 2.78. The Hall–Kier alpha value is -1.82. The van der Waals surface area contributed by atoms with E-state index in [0.717, 1.165) is 4.47 Å². The SMILES string of the molecule is COc1ccc(Br)c(NC(=O)c2ccon2)c1. The number of methoxy groups -OCH3 is 1. The quantitative estimate of drug-likeness (QED) is 0.946. The van der Waals surface area contributed by atoms with Crippen molar-refractivity contribution in [1.29, 1.82) is 0 Å². The molecule has 1 N–H and O–H groups in total. The average molecular weight is 297 g/mol. The van der Waals surface area contributed by atoms with Crippen LogP contribution in [0.3, 0.4) is 0 Å². The Morgan fingerprint density at radius 1 is 1.47 bits per heavy atom. The number of ether oxygens (including phenoxy) is 1. The van der Waals surface area contributed by atoms with Crippen molar-refractivity contribution in [2.45, 2.75) is 0 Å². The summed E-state index contributed by atoms with van der Waals surface area (Å²) in [7, 11) is 1.56. The van der Waals surface area contributed by atoms with Crippen molar-refractivity contribution in [1.82, 2.24) is 5.16 Å². The highest BCUT2D eigenvalue weighted by Crippen LogP contribution is 2.27. The number of benzene rings is 1. The summed E-state index contributed by atoms with van der Waals surface area (Å²) in [5.41, 5.74) is 0.831. The van der Waals surface area contributed by atoms with Crippen LogP contribution in [0.1, 0.15) is 10.5 Å². The molecule has 2 aromatic rings. The molecule has 0 saturated heterocycles. The monoisotopic (exact) mass is 296 g/mol. The van der Waals surface area contributed by atoms with Gasteiger partial charge < -0.3 is 14.6 Å². The number of carbonyl (C=O) groups is 1. The molecular formula is C11H9BrN2O3. The summed E-state index contributed by atoms with van der Waals surface area (Å²) in [6.45, 7) is 0. The first kappa shape index (κ1) is 11.7. The fraction of sp³-hybridized carbons (Fsp3) is 0.0909. The molecule has 1 amide bonds. The maximum absolute atomic E-state index is 11.7. The smallest absolute Gasteiger partial charge is 0.277 e. The maximum atomic E-state index is 11.7. The Labute approximate surface area is 106 Å². The predicted octanol–water partition coefficient (Wildman–Crippen LogP) is 2.70. The van der Waals surface area contributed by atoms with Gasteiger partial charge in [-0.15, -0.1) is 0 Å². The van der Waals surface area contributed by atoms with Crippen LogP contribution in [-0.2, 0) is 0 Å². The van der Waals surface area contributed by atoms with Crippen molar-refractivity contribution in [3.8, 4) is 5.75 Å². The van der Waals surface area contributed by atoms with Crippen LogP contribution in [0.2, 0.25) is 0 Å². The number of hydrogen-bond donors (Lipinski definition) is 1. The molecule has 6 heteroatoms. The lowest BCUT2D eigenvalue weighted by Crippen LogP contribution is -2.12. The van der Waals surface area contributed by atoms with E-state index in [0.29, 0.717) is 11.4 Å². The van der Waals surface area contributed by atoms with Gasteiger partial charge in [0.2, 0.25) is 0 Å². The van der Waals surface area contributed by atoms with Crippen LogP contribution in [-0.4, -0.2) is 18.2 Å². The zero-order chi connectivity index (χ0) is 12.3. The number of nitrogens with one attached hydrogen (secondary N) is 1. The Balaban J connectivity index is 2.21. The molecule has 2 rings (SSSR count). The highest BCUT2D eigenvalue weighted by atomic mass is 79.9. The first-order valence-corrected chi connectivity index (χ1v) is 5.55. The molecule has 1 heterocycles. The lowest BCUT2D eigenvalue weighted by atomic mass is 10.3. The van der Waals surface area contributed by atoms with Gasteiger partial charge in [-0.3, -0.25) is 4.79 Å². The van der Waals surface area contributed by atoms with Crippen molar-refractivity contribution in [2.75, 3.05) is 12.4 Å². The number of anilines is 1. The second-order valence-electron chi connectivity index (χ2n) is 3.18. The highest BCUT2D eigenvalue weighted by Gasteiger charge is 2.11. The minimum Gasteiger partial charge on any atom is -0.497 e. The van der Waals surface area contributed by atoms with E-state index in [4.69, 9.17) is 4.74 Å². The van der Waals surface area contributed by atoms with Gasteiger partial charge in [0.25, 0.3) is 5.91 Å². The van der Waals surface area contributed by atoms with E-state index < -0.39 is 0 Å². The number of hydrogen-bond acceptors (Lipinski definition) is 4. The first-order valence-electron chi connectivity index (χ1n) is 4.76. The number of aromatic nitrogens is 1. The van der Waals surface area contributed by atoms with E-state index in [1.807, 2.05) is 0 Å². The lowest BCUT2D eigenvalue weighted by molar-refractivity contribution is 0.101. The summed E-state index contributed by atoms with van der Waals surface area (Å²) in [5.74, 6) is 0.316. The molecule has 5 nitrogen and oxygen atoms in total. The maximum Gasteiger partial charge on any atom is 0.277 e. The van der Waals surface area contributed by atoms with Gasteiger partial charge in [-0.2, -0.15) is 0 Å². The van der Waals surface area contributed by atoms with Gasteiger partial charge >= 0.3 is 0 Å². The molecule has 88 valence electrons. The predicted molar refractivity (Wildman–Crippen MR) is 65.2 cm³/mol. The summed E-state index contributed by atoms with van der Waals surface area (Å²) in [4.78, 5) is 11.7. The molecule has 17 heavy (non-hydrogen) atoms. The number of halogens is 1. The van der Waals surface area contributed by atoms with Crippen LogP contribution < -0.4 is 10.1 Å². The fourth-order valence-corrected chi connectivity index (χ4v) is 1.59. The summed E-state index contributed by atoms with van der Waals surface area (Å²) in [5, 5.41) is 6.25. The Morgan fingerprint density at radius 2 is 2.29 bits per heavy atom. The molecule has 0 radical (unpaired) electrons. The van der Waals surface area contributed by atoms with Gasteiger partial charge in [-0.1, -0.05) is 5.16 Å². The molecule has 0 aliphatic heterocycles.